The molecular weight excluding hydrogens is 438 g/mol. The Morgan fingerprint density at radius 2 is 1.94 bits per heavy atom. The van der Waals surface area contributed by atoms with Crippen molar-refractivity contribution in [3.8, 4) is 5.75 Å². The van der Waals surface area contributed by atoms with Crippen LogP contribution in [0.3, 0.4) is 0 Å². The Labute approximate surface area is 184 Å². The van der Waals surface area contributed by atoms with E-state index < -0.39 is 10.0 Å². The van der Waals surface area contributed by atoms with Gasteiger partial charge in [0.25, 0.3) is 15.9 Å². The van der Waals surface area contributed by atoms with Crippen LogP contribution in [0.25, 0.3) is 0 Å². The van der Waals surface area contributed by atoms with Crippen LogP contribution in [0, 0.1) is 0 Å². The van der Waals surface area contributed by atoms with Crippen LogP contribution in [-0.4, -0.2) is 38.6 Å². The molecule has 2 aromatic carbocycles. The van der Waals surface area contributed by atoms with E-state index in [1.54, 1.807) is 29.6 Å². The van der Waals surface area contributed by atoms with Crippen LogP contribution < -0.4 is 14.8 Å². The summed E-state index contributed by atoms with van der Waals surface area (Å²) in [6, 6.07) is 12.8. The first-order chi connectivity index (χ1) is 15.0. The summed E-state index contributed by atoms with van der Waals surface area (Å²) in [4.78, 5) is 16.5. The molecule has 1 atom stereocenters. The molecule has 0 unspecified atom stereocenters. The highest BCUT2D eigenvalue weighted by Crippen LogP contribution is 2.21. The molecule has 10 heteroatoms. The number of nitrogens with zero attached hydrogens (tertiary/aromatic N) is 1. The number of thiazole rings is 1. The second kappa shape index (κ2) is 9.46. The summed E-state index contributed by atoms with van der Waals surface area (Å²) in [5.74, 6) is 0.372. The van der Waals surface area contributed by atoms with Gasteiger partial charge in [-0.2, -0.15) is 0 Å². The highest BCUT2D eigenvalue weighted by atomic mass is 32.2. The van der Waals surface area contributed by atoms with Crippen LogP contribution in [0.15, 0.2) is 65.0 Å². The fourth-order valence-corrected chi connectivity index (χ4v) is 4.82. The second-order valence-corrected chi connectivity index (χ2v) is 9.47. The monoisotopic (exact) mass is 459 g/mol. The zero-order valence-corrected chi connectivity index (χ0v) is 18.1. The Hall–Kier alpha value is -2.95. The first kappa shape index (κ1) is 21.3. The molecule has 8 nitrogen and oxygen atoms in total. The number of anilines is 2. The summed E-state index contributed by atoms with van der Waals surface area (Å²) >= 11 is 1.19. The smallest absolute Gasteiger partial charge is 0.263 e. The number of hydrogen-bond donors (Lipinski definition) is 2. The number of ether oxygens (including phenoxy) is 2. The Balaban J connectivity index is 1.33. The van der Waals surface area contributed by atoms with Crippen molar-refractivity contribution in [2.45, 2.75) is 23.8 Å². The minimum Gasteiger partial charge on any atom is -0.491 e. The number of carbonyl (C=O) groups is 1. The minimum atomic E-state index is -3.73. The topological polar surface area (TPSA) is 107 Å². The molecule has 1 aromatic heterocycles. The van der Waals surface area contributed by atoms with Crippen molar-refractivity contribution in [3.63, 3.8) is 0 Å². The van der Waals surface area contributed by atoms with Crippen molar-refractivity contribution in [3.05, 3.63) is 65.7 Å². The van der Waals surface area contributed by atoms with Crippen LogP contribution in [-0.2, 0) is 14.8 Å². The molecule has 0 bridgehead atoms. The van der Waals surface area contributed by atoms with Crippen LogP contribution >= 0.6 is 11.3 Å². The van der Waals surface area contributed by atoms with E-state index in [1.165, 1.54) is 41.8 Å². The van der Waals surface area contributed by atoms with Gasteiger partial charge in [-0.3, -0.25) is 9.52 Å². The lowest BCUT2D eigenvalue weighted by molar-refractivity contribution is 0.0679. The minimum absolute atomic E-state index is 0.0773. The fraction of sp³-hybridized carbons (Fsp3) is 0.238. The summed E-state index contributed by atoms with van der Waals surface area (Å²) in [7, 11) is -3.73. The van der Waals surface area contributed by atoms with E-state index in [9.17, 15) is 13.2 Å². The van der Waals surface area contributed by atoms with Crippen LogP contribution in [0.2, 0.25) is 0 Å². The molecule has 0 saturated carbocycles. The molecule has 3 aromatic rings. The molecule has 4 rings (SSSR count). The van der Waals surface area contributed by atoms with Gasteiger partial charge in [-0.05, 0) is 61.4 Å². The molecule has 2 heterocycles. The van der Waals surface area contributed by atoms with Gasteiger partial charge >= 0.3 is 0 Å². The van der Waals surface area contributed by atoms with Crippen molar-refractivity contribution in [1.82, 2.24) is 4.98 Å². The third-order valence-corrected chi connectivity index (χ3v) is 6.83. The zero-order chi connectivity index (χ0) is 21.7. The van der Waals surface area contributed by atoms with Crippen molar-refractivity contribution < 1.29 is 22.7 Å². The predicted molar refractivity (Wildman–Crippen MR) is 118 cm³/mol. The predicted octanol–water partition coefficient (Wildman–Crippen LogP) is 3.75. The Morgan fingerprint density at radius 1 is 1.16 bits per heavy atom. The van der Waals surface area contributed by atoms with Gasteiger partial charge < -0.3 is 14.8 Å². The number of rotatable bonds is 8. The maximum Gasteiger partial charge on any atom is 0.263 e. The lowest BCUT2D eigenvalue weighted by Crippen LogP contribution is -2.16. The third-order valence-electron chi connectivity index (χ3n) is 4.65. The van der Waals surface area contributed by atoms with E-state index in [0.717, 1.165) is 19.4 Å². The van der Waals surface area contributed by atoms with Gasteiger partial charge in [-0.25, -0.2) is 13.4 Å². The van der Waals surface area contributed by atoms with Gasteiger partial charge in [0.05, 0.1) is 11.0 Å². The summed E-state index contributed by atoms with van der Waals surface area (Å²) < 4.78 is 38.4. The maximum absolute atomic E-state index is 12.5. The number of nitrogens with one attached hydrogen (secondary N) is 2. The molecule has 31 heavy (non-hydrogen) atoms. The normalized spacial score (nSPS) is 16.1. The summed E-state index contributed by atoms with van der Waals surface area (Å²) in [5.41, 5.74) is 0.948. The number of benzene rings is 2. The number of aromatic nitrogens is 1. The lowest BCUT2D eigenvalue weighted by Gasteiger charge is -2.12. The Morgan fingerprint density at radius 3 is 2.58 bits per heavy atom. The number of sulfonamides is 1. The molecule has 1 amide bonds. The number of hydrogen-bond acceptors (Lipinski definition) is 7. The van der Waals surface area contributed by atoms with E-state index in [2.05, 4.69) is 15.0 Å². The number of carbonyl (C=O) groups excluding carboxylic acids is 1. The molecule has 2 N–H and O–H groups in total. The average Bonchev–Trinajstić information content (AvgIpc) is 3.47. The molecule has 1 saturated heterocycles. The largest absolute Gasteiger partial charge is 0.491 e. The van der Waals surface area contributed by atoms with Crippen LogP contribution in [0.1, 0.15) is 23.2 Å². The van der Waals surface area contributed by atoms with Crippen LogP contribution in [0.5, 0.6) is 5.75 Å². The van der Waals surface area contributed by atoms with Gasteiger partial charge in [-0.15, -0.1) is 11.3 Å². The first-order valence-corrected chi connectivity index (χ1v) is 12.0. The Bertz CT molecular complexity index is 1110. The van der Waals surface area contributed by atoms with Gasteiger partial charge in [0, 0.05) is 29.4 Å². The molecular formula is C21H21N3O5S2. The van der Waals surface area contributed by atoms with Crippen molar-refractivity contribution in [2.75, 3.05) is 23.3 Å². The molecule has 0 aliphatic carbocycles. The van der Waals surface area contributed by atoms with Gasteiger partial charge in [0.1, 0.15) is 12.4 Å². The standard InChI is InChI=1S/C21H21N3O5S2/c25-20(15-3-7-17(8-4-15)29-14-18-2-1-12-28-18)23-16-5-9-19(10-6-16)31(26,27)24-21-22-11-13-30-21/h3-11,13,18H,1-2,12,14H2,(H,22,24)(H,23,25)/t18-/m1/s1. The highest BCUT2D eigenvalue weighted by molar-refractivity contribution is 7.93. The zero-order valence-electron chi connectivity index (χ0n) is 16.5. The SMILES string of the molecule is O=C(Nc1ccc(S(=O)(=O)Nc2nccs2)cc1)c1ccc(OC[C@H]2CCCO2)cc1. The van der Waals surface area contributed by atoms with E-state index >= 15 is 0 Å². The maximum atomic E-state index is 12.5. The molecule has 162 valence electrons. The third kappa shape index (κ3) is 5.60. The van der Waals surface area contributed by atoms with E-state index in [1.807, 2.05) is 0 Å². The van der Waals surface area contributed by atoms with Gasteiger partial charge in [0.15, 0.2) is 5.13 Å². The summed E-state index contributed by atoms with van der Waals surface area (Å²) in [6.45, 7) is 1.28. The van der Waals surface area contributed by atoms with Crippen molar-refractivity contribution >= 4 is 38.1 Å². The van der Waals surface area contributed by atoms with E-state index in [0.29, 0.717) is 28.7 Å². The highest BCUT2D eigenvalue weighted by Gasteiger charge is 2.17. The molecule has 0 radical (unpaired) electrons. The lowest BCUT2D eigenvalue weighted by atomic mass is 10.2. The molecule has 1 fully saturated rings. The van der Waals surface area contributed by atoms with E-state index in [4.69, 9.17) is 9.47 Å². The molecule has 1 aliphatic heterocycles. The fourth-order valence-electron chi connectivity index (χ4n) is 3.04. The molecule has 1 aliphatic rings. The number of amides is 1. The quantitative estimate of drug-likeness (QED) is 0.531. The second-order valence-electron chi connectivity index (χ2n) is 6.89. The summed E-state index contributed by atoms with van der Waals surface area (Å²) in [5, 5.41) is 4.73. The van der Waals surface area contributed by atoms with E-state index in [-0.39, 0.29) is 16.9 Å². The molecule has 0 spiro atoms. The van der Waals surface area contributed by atoms with Gasteiger partial charge in [-0.1, -0.05) is 0 Å². The van der Waals surface area contributed by atoms with Crippen molar-refractivity contribution in [1.29, 1.82) is 0 Å². The average molecular weight is 460 g/mol. The Kier molecular flexibility index (Phi) is 6.50. The summed E-state index contributed by atoms with van der Waals surface area (Å²) in [6.07, 6.45) is 3.71. The first-order valence-electron chi connectivity index (χ1n) is 9.68. The van der Waals surface area contributed by atoms with Crippen LogP contribution in [0.4, 0.5) is 10.8 Å². The van der Waals surface area contributed by atoms with Gasteiger partial charge in [0.2, 0.25) is 0 Å². The van der Waals surface area contributed by atoms with Crippen molar-refractivity contribution in [2.24, 2.45) is 0 Å².